The minimum atomic E-state index is -4.38. The van der Waals surface area contributed by atoms with E-state index in [9.17, 15) is 19.0 Å². The molecule has 0 aromatic heterocycles. The quantitative estimate of drug-likeness (QED) is 0.0211. The molecule has 0 saturated heterocycles. The summed E-state index contributed by atoms with van der Waals surface area (Å²) in [4.78, 5) is 35.5. The number of phosphoric ester groups is 1. The zero-order chi connectivity index (χ0) is 51.3. The van der Waals surface area contributed by atoms with Crippen molar-refractivity contribution in [3.05, 3.63) is 24.3 Å². The standard InChI is InChI=1S/C60H116NO8P/c1-6-8-10-12-14-16-18-19-20-21-22-23-24-25-26-27-28-29-30-31-32-33-34-35-36-37-38-39-40-41-43-45-47-49-51-53-60(63)69-58(57-68-70(64,65)67-55-54-61(3,4)5)56-66-59(62)52-50-48-46-44-42-17-15-13-11-9-7-2/h13,15,21-22,58H,6-12,14,16-20,23-57H2,1-5H3/p+1/b15-13-,22-21-. The maximum absolute atomic E-state index is 12.8. The largest absolute Gasteiger partial charge is 0.472 e. The van der Waals surface area contributed by atoms with Gasteiger partial charge in [-0.05, 0) is 57.8 Å². The molecule has 0 aromatic carbocycles. The molecule has 2 atom stereocenters. The van der Waals surface area contributed by atoms with E-state index in [2.05, 4.69) is 38.2 Å². The summed E-state index contributed by atoms with van der Waals surface area (Å²) in [6.45, 7) is 4.42. The minimum absolute atomic E-state index is 0.0330. The normalized spacial score (nSPS) is 13.4. The Morgan fingerprint density at radius 1 is 0.429 bits per heavy atom. The monoisotopic (exact) mass is 1010 g/mol. The van der Waals surface area contributed by atoms with Gasteiger partial charge in [0.25, 0.3) is 0 Å². The first-order chi connectivity index (χ1) is 34.0. The molecule has 0 saturated carbocycles. The Morgan fingerprint density at radius 3 is 1.10 bits per heavy atom. The second kappa shape index (κ2) is 52.4. The lowest BCUT2D eigenvalue weighted by Crippen LogP contribution is -2.37. The van der Waals surface area contributed by atoms with Gasteiger partial charge in [0.15, 0.2) is 6.10 Å². The summed E-state index contributed by atoms with van der Waals surface area (Å²) >= 11 is 0. The van der Waals surface area contributed by atoms with Crippen molar-refractivity contribution in [3.8, 4) is 0 Å². The van der Waals surface area contributed by atoms with Crippen molar-refractivity contribution in [1.29, 1.82) is 0 Å². The van der Waals surface area contributed by atoms with E-state index >= 15 is 0 Å². The number of quaternary nitrogens is 1. The van der Waals surface area contributed by atoms with Crippen molar-refractivity contribution >= 4 is 19.8 Å². The lowest BCUT2D eigenvalue weighted by atomic mass is 10.0. The van der Waals surface area contributed by atoms with Gasteiger partial charge in [-0.2, -0.15) is 0 Å². The summed E-state index contributed by atoms with van der Waals surface area (Å²) in [6, 6.07) is 0. The van der Waals surface area contributed by atoms with Gasteiger partial charge < -0.3 is 18.9 Å². The van der Waals surface area contributed by atoms with Gasteiger partial charge in [0.05, 0.1) is 27.7 Å². The molecule has 0 heterocycles. The molecule has 0 fully saturated rings. The highest BCUT2D eigenvalue weighted by Gasteiger charge is 2.27. The van der Waals surface area contributed by atoms with E-state index in [1.165, 1.54) is 205 Å². The number of hydrogen-bond donors (Lipinski definition) is 1. The van der Waals surface area contributed by atoms with Gasteiger partial charge in [0.1, 0.15) is 19.8 Å². The lowest BCUT2D eigenvalue weighted by Gasteiger charge is -2.24. The van der Waals surface area contributed by atoms with Crippen molar-refractivity contribution in [2.75, 3.05) is 47.5 Å². The molecule has 9 nitrogen and oxygen atoms in total. The second-order valence-corrected chi connectivity index (χ2v) is 23.2. The van der Waals surface area contributed by atoms with Crippen LogP contribution in [0.3, 0.4) is 0 Å². The molecule has 0 radical (unpaired) electrons. The molecule has 0 aromatic rings. The number of ether oxygens (including phenoxy) is 2. The van der Waals surface area contributed by atoms with Gasteiger partial charge in [-0.25, -0.2) is 4.57 Å². The molecule has 0 rings (SSSR count). The van der Waals surface area contributed by atoms with E-state index in [-0.39, 0.29) is 32.0 Å². The van der Waals surface area contributed by atoms with Crippen molar-refractivity contribution in [1.82, 2.24) is 0 Å². The first-order valence-electron chi connectivity index (χ1n) is 30.1. The third kappa shape index (κ3) is 55.8. The Morgan fingerprint density at radius 2 is 0.743 bits per heavy atom. The van der Waals surface area contributed by atoms with Crippen LogP contribution in [0.1, 0.15) is 296 Å². The summed E-state index contributed by atoms with van der Waals surface area (Å²) in [5.41, 5.74) is 0. The maximum Gasteiger partial charge on any atom is 0.472 e. The molecule has 2 unspecified atom stereocenters. The number of carbonyl (C=O) groups excluding carboxylic acids is 2. The number of hydrogen-bond acceptors (Lipinski definition) is 7. The number of phosphoric acid groups is 1. The average Bonchev–Trinajstić information content (AvgIpc) is 3.32. The molecular weight excluding hydrogens is 894 g/mol. The van der Waals surface area contributed by atoms with Crippen LogP contribution in [0.4, 0.5) is 0 Å². The van der Waals surface area contributed by atoms with E-state index in [0.717, 1.165) is 57.8 Å². The van der Waals surface area contributed by atoms with Crippen LogP contribution in [0, 0.1) is 0 Å². The molecule has 1 N–H and O–H groups in total. The van der Waals surface area contributed by atoms with Crippen LogP contribution in [0.5, 0.6) is 0 Å². The average molecular weight is 1010 g/mol. The Labute approximate surface area is 434 Å². The van der Waals surface area contributed by atoms with Gasteiger partial charge in [0, 0.05) is 12.8 Å². The number of nitrogens with zero attached hydrogens (tertiary/aromatic N) is 1. The third-order valence-corrected chi connectivity index (χ3v) is 14.4. The van der Waals surface area contributed by atoms with Gasteiger partial charge in [0.2, 0.25) is 0 Å². The third-order valence-electron chi connectivity index (χ3n) is 13.5. The van der Waals surface area contributed by atoms with E-state index in [0.29, 0.717) is 17.4 Å². The number of carbonyl (C=O) groups is 2. The van der Waals surface area contributed by atoms with Crippen LogP contribution in [-0.2, 0) is 32.7 Å². The maximum atomic E-state index is 12.8. The summed E-state index contributed by atoms with van der Waals surface area (Å²) in [5, 5.41) is 0. The number of unbranched alkanes of at least 4 members (excludes halogenated alkanes) is 38. The van der Waals surface area contributed by atoms with Crippen molar-refractivity contribution in [3.63, 3.8) is 0 Å². The van der Waals surface area contributed by atoms with Gasteiger partial charge >= 0.3 is 19.8 Å². The number of likely N-dealkylation sites (N-methyl/N-ethyl adjacent to an activating group) is 1. The SMILES string of the molecule is CCCC/C=C\CCCCCCCC(=O)OCC(COP(=O)(O)OCC[N+](C)(C)C)OC(=O)CCCCCCCCCCCCCCCCCCCCCCCCC/C=C\CCCCCCCCCC. The number of rotatable bonds is 56. The Hall–Kier alpha value is -1.51. The molecule has 0 spiro atoms. The van der Waals surface area contributed by atoms with Crippen LogP contribution in [0.15, 0.2) is 24.3 Å². The highest BCUT2D eigenvalue weighted by molar-refractivity contribution is 7.47. The topological polar surface area (TPSA) is 108 Å². The second-order valence-electron chi connectivity index (χ2n) is 21.7. The van der Waals surface area contributed by atoms with E-state index in [1.54, 1.807) is 0 Å². The van der Waals surface area contributed by atoms with Gasteiger partial charge in [-0.1, -0.05) is 250 Å². The lowest BCUT2D eigenvalue weighted by molar-refractivity contribution is -0.870. The first-order valence-corrected chi connectivity index (χ1v) is 31.6. The summed E-state index contributed by atoms with van der Waals surface area (Å²) < 4.78 is 34.5. The number of esters is 2. The predicted octanol–water partition coefficient (Wildman–Crippen LogP) is 18.6. The highest BCUT2D eigenvalue weighted by atomic mass is 31.2. The molecule has 70 heavy (non-hydrogen) atoms. The zero-order valence-electron chi connectivity index (χ0n) is 47.0. The molecule has 0 aliphatic rings. The smallest absolute Gasteiger partial charge is 0.462 e. The molecule has 0 amide bonds. The summed E-state index contributed by atoms with van der Waals surface area (Å²) in [7, 11) is 1.49. The van der Waals surface area contributed by atoms with Crippen LogP contribution in [-0.4, -0.2) is 74.9 Å². The molecular formula is C60H117NO8P+. The van der Waals surface area contributed by atoms with Crippen LogP contribution < -0.4 is 0 Å². The van der Waals surface area contributed by atoms with E-state index in [1.807, 2.05) is 21.1 Å². The Balaban J connectivity index is 3.89. The fraction of sp³-hybridized carbons (Fsp3) is 0.900. The number of allylic oxidation sites excluding steroid dienone is 4. The van der Waals surface area contributed by atoms with Crippen molar-refractivity contribution in [2.24, 2.45) is 0 Å². The molecule has 10 heteroatoms. The Kier molecular flexibility index (Phi) is 51.2. The van der Waals surface area contributed by atoms with Crippen molar-refractivity contribution in [2.45, 2.75) is 302 Å². The van der Waals surface area contributed by atoms with Crippen molar-refractivity contribution < 1.29 is 42.1 Å². The van der Waals surface area contributed by atoms with E-state index < -0.39 is 26.5 Å². The fourth-order valence-electron chi connectivity index (χ4n) is 8.76. The van der Waals surface area contributed by atoms with Crippen LogP contribution in [0.2, 0.25) is 0 Å². The first kappa shape index (κ1) is 68.5. The molecule has 0 aliphatic carbocycles. The van der Waals surface area contributed by atoms with Gasteiger partial charge in [-0.15, -0.1) is 0 Å². The highest BCUT2D eigenvalue weighted by Crippen LogP contribution is 2.43. The summed E-state index contributed by atoms with van der Waals surface area (Å²) in [6.07, 6.45) is 62.9. The van der Waals surface area contributed by atoms with Crippen LogP contribution >= 0.6 is 7.82 Å². The van der Waals surface area contributed by atoms with E-state index in [4.69, 9.17) is 18.5 Å². The fourth-order valence-corrected chi connectivity index (χ4v) is 9.50. The molecule has 0 bridgehead atoms. The van der Waals surface area contributed by atoms with Gasteiger partial charge in [-0.3, -0.25) is 18.6 Å². The molecule has 414 valence electrons. The zero-order valence-corrected chi connectivity index (χ0v) is 47.9. The van der Waals surface area contributed by atoms with Crippen LogP contribution in [0.25, 0.3) is 0 Å². The summed E-state index contributed by atoms with van der Waals surface area (Å²) in [5.74, 6) is -0.796. The predicted molar refractivity (Wildman–Crippen MR) is 298 cm³/mol. The molecule has 0 aliphatic heterocycles. The minimum Gasteiger partial charge on any atom is -0.462 e. The Bertz CT molecular complexity index is 1240.